The van der Waals surface area contributed by atoms with Gasteiger partial charge in [0.1, 0.15) is 0 Å². The molecular weight excluding hydrogens is 246 g/mol. The van der Waals surface area contributed by atoms with Crippen LogP contribution in [-0.4, -0.2) is 23.4 Å². The van der Waals surface area contributed by atoms with Gasteiger partial charge in [-0.1, -0.05) is 23.8 Å². The number of fused-ring (bicyclic) bond motifs is 1. The Labute approximate surface area is 102 Å². The SMILES string of the molecule is COC(=O)c1cc2c(C=S)c[nH]c2cc1Cl. The van der Waals surface area contributed by atoms with Crippen molar-refractivity contribution in [2.75, 3.05) is 7.11 Å². The quantitative estimate of drug-likeness (QED) is 0.661. The minimum Gasteiger partial charge on any atom is -0.465 e. The highest BCUT2D eigenvalue weighted by molar-refractivity contribution is 7.79. The number of thiocarbonyl (C=S) groups is 1. The second-order valence-corrected chi connectivity index (χ2v) is 3.87. The van der Waals surface area contributed by atoms with E-state index in [4.69, 9.17) is 23.8 Å². The van der Waals surface area contributed by atoms with Crippen LogP contribution in [0.3, 0.4) is 0 Å². The van der Waals surface area contributed by atoms with Crippen molar-refractivity contribution in [2.45, 2.75) is 0 Å². The van der Waals surface area contributed by atoms with Gasteiger partial charge in [0.2, 0.25) is 0 Å². The number of rotatable bonds is 2. The van der Waals surface area contributed by atoms with Crippen LogP contribution in [0.2, 0.25) is 5.02 Å². The van der Waals surface area contributed by atoms with Gasteiger partial charge in [0.05, 0.1) is 17.7 Å². The number of aromatic amines is 1. The molecule has 0 bridgehead atoms. The highest BCUT2D eigenvalue weighted by atomic mass is 35.5. The summed E-state index contributed by atoms with van der Waals surface area (Å²) >= 11 is 10.8. The van der Waals surface area contributed by atoms with E-state index in [9.17, 15) is 4.79 Å². The number of halogens is 1. The minimum absolute atomic E-state index is 0.342. The predicted molar refractivity (Wildman–Crippen MR) is 67.4 cm³/mol. The zero-order chi connectivity index (χ0) is 11.7. The van der Waals surface area contributed by atoms with Crippen LogP contribution in [0.1, 0.15) is 15.9 Å². The van der Waals surface area contributed by atoms with Gasteiger partial charge in [0.15, 0.2) is 0 Å². The fourth-order valence-corrected chi connectivity index (χ4v) is 1.96. The number of nitrogens with one attached hydrogen (secondary N) is 1. The Morgan fingerprint density at radius 3 is 2.94 bits per heavy atom. The maximum Gasteiger partial charge on any atom is 0.339 e. The molecule has 2 rings (SSSR count). The molecule has 0 fully saturated rings. The maximum atomic E-state index is 11.4. The van der Waals surface area contributed by atoms with Crippen molar-refractivity contribution in [1.29, 1.82) is 0 Å². The normalized spacial score (nSPS) is 10.4. The molecule has 0 aliphatic rings. The number of ether oxygens (including phenoxy) is 1. The van der Waals surface area contributed by atoms with Crippen molar-refractivity contribution in [2.24, 2.45) is 0 Å². The molecule has 0 amide bonds. The van der Waals surface area contributed by atoms with E-state index < -0.39 is 5.97 Å². The summed E-state index contributed by atoms with van der Waals surface area (Å²) in [6.45, 7) is 0. The number of hydrogen-bond donors (Lipinski definition) is 1. The van der Waals surface area contributed by atoms with Gasteiger partial charge in [0.25, 0.3) is 0 Å². The van der Waals surface area contributed by atoms with Crippen LogP contribution < -0.4 is 0 Å². The standard InChI is InChI=1S/C11H8ClNO2S/c1-15-11(14)8-2-7-6(5-16)4-13-10(7)3-9(8)12/h2-5,13H,1H3. The first-order valence-corrected chi connectivity index (χ1v) is 5.36. The zero-order valence-corrected chi connectivity index (χ0v) is 9.98. The zero-order valence-electron chi connectivity index (χ0n) is 8.41. The molecule has 0 unspecified atom stereocenters. The number of esters is 1. The molecular formula is C11H8ClNO2S. The maximum absolute atomic E-state index is 11.4. The van der Waals surface area contributed by atoms with Crippen LogP contribution in [0.4, 0.5) is 0 Å². The molecule has 1 aromatic carbocycles. The summed E-state index contributed by atoms with van der Waals surface area (Å²) in [5, 5.41) is 2.77. The fraction of sp³-hybridized carbons (Fsp3) is 0.0909. The smallest absolute Gasteiger partial charge is 0.339 e. The lowest BCUT2D eigenvalue weighted by atomic mass is 10.1. The van der Waals surface area contributed by atoms with Gasteiger partial charge >= 0.3 is 5.97 Å². The second-order valence-electron chi connectivity index (χ2n) is 3.23. The van der Waals surface area contributed by atoms with Crippen molar-refractivity contribution in [3.05, 3.63) is 34.5 Å². The summed E-state index contributed by atoms with van der Waals surface area (Å²) in [4.78, 5) is 14.5. The third-order valence-electron chi connectivity index (χ3n) is 2.33. The summed E-state index contributed by atoms with van der Waals surface area (Å²) in [5.41, 5.74) is 2.04. The van der Waals surface area contributed by atoms with Crippen molar-refractivity contribution in [3.63, 3.8) is 0 Å². The molecule has 0 saturated heterocycles. The van der Waals surface area contributed by atoms with Crippen molar-refractivity contribution in [1.82, 2.24) is 4.98 Å². The van der Waals surface area contributed by atoms with Gasteiger partial charge in [-0.3, -0.25) is 0 Å². The first-order chi connectivity index (χ1) is 7.67. The summed E-state index contributed by atoms with van der Waals surface area (Å²) in [7, 11) is 1.32. The average Bonchev–Trinajstić information content (AvgIpc) is 2.68. The molecule has 0 spiro atoms. The number of aromatic nitrogens is 1. The van der Waals surface area contributed by atoms with E-state index >= 15 is 0 Å². The van der Waals surface area contributed by atoms with Crippen molar-refractivity contribution in [3.8, 4) is 0 Å². The highest BCUT2D eigenvalue weighted by Crippen LogP contribution is 2.26. The van der Waals surface area contributed by atoms with Crippen LogP contribution in [0.5, 0.6) is 0 Å². The predicted octanol–water partition coefficient (Wildman–Crippen LogP) is 2.96. The molecule has 1 aromatic heterocycles. The van der Waals surface area contributed by atoms with E-state index in [2.05, 4.69) is 9.72 Å². The van der Waals surface area contributed by atoms with Gasteiger partial charge in [-0.2, -0.15) is 0 Å². The van der Waals surface area contributed by atoms with Gasteiger partial charge in [-0.05, 0) is 12.1 Å². The summed E-state index contributed by atoms with van der Waals surface area (Å²) in [6, 6.07) is 3.36. The lowest BCUT2D eigenvalue weighted by molar-refractivity contribution is 0.0601. The van der Waals surface area contributed by atoms with Crippen molar-refractivity contribution >= 4 is 46.1 Å². The second kappa shape index (κ2) is 4.23. The summed E-state index contributed by atoms with van der Waals surface area (Å²) < 4.78 is 4.65. The summed E-state index contributed by atoms with van der Waals surface area (Å²) in [5.74, 6) is -0.455. The Bertz CT molecular complexity index is 577. The third-order valence-corrected chi connectivity index (χ3v) is 2.90. The molecule has 0 saturated carbocycles. The molecule has 1 N–H and O–H groups in total. The number of methoxy groups -OCH3 is 1. The molecule has 3 nitrogen and oxygen atoms in total. The van der Waals surface area contributed by atoms with Gasteiger partial charge in [-0.25, -0.2) is 4.79 Å². The molecule has 82 valence electrons. The van der Waals surface area contributed by atoms with E-state index in [1.807, 2.05) is 0 Å². The Balaban J connectivity index is 2.71. The molecule has 2 aromatic rings. The molecule has 5 heteroatoms. The van der Waals surface area contributed by atoms with E-state index in [1.54, 1.807) is 23.7 Å². The first kappa shape index (κ1) is 11.1. The number of benzene rings is 1. The molecule has 0 atom stereocenters. The van der Waals surface area contributed by atoms with Crippen LogP contribution >= 0.6 is 23.8 Å². The number of carbonyl (C=O) groups excluding carboxylic acids is 1. The average molecular weight is 254 g/mol. The van der Waals surface area contributed by atoms with Crippen molar-refractivity contribution < 1.29 is 9.53 Å². The van der Waals surface area contributed by atoms with Crippen LogP contribution in [0, 0.1) is 0 Å². The fourth-order valence-electron chi connectivity index (χ4n) is 1.53. The van der Waals surface area contributed by atoms with Crippen LogP contribution in [-0.2, 0) is 4.74 Å². The monoisotopic (exact) mass is 253 g/mol. The Morgan fingerprint density at radius 2 is 2.31 bits per heavy atom. The molecule has 0 aliphatic heterocycles. The van der Waals surface area contributed by atoms with Gasteiger partial charge in [0, 0.05) is 28.0 Å². The lowest BCUT2D eigenvalue weighted by Crippen LogP contribution is -2.01. The topological polar surface area (TPSA) is 42.1 Å². The minimum atomic E-state index is -0.455. The molecule has 0 aliphatic carbocycles. The largest absolute Gasteiger partial charge is 0.465 e. The first-order valence-electron chi connectivity index (χ1n) is 4.51. The Hall–Kier alpha value is -1.39. The Morgan fingerprint density at radius 1 is 1.56 bits per heavy atom. The van der Waals surface area contributed by atoms with E-state index in [0.717, 1.165) is 16.5 Å². The highest BCUT2D eigenvalue weighted by Gasteiger charge is 2.13. The Kier molecular flexibility index (Phi) is 2.94. The molecule has 16 heavy (non-hydrogen) atoms. The molecule has 1 heterocycles. The number of carbonyl (C=O) groups is 1. The van der Waals surface area contributed by atoms with Crippen LogP contribution in [0.25, 0.3) is 10.9 Å². The number of hydrogen-bond acceptors (Lipinski definition) is 3. The summed E-state index contributed by atoms with van der Waals surface area (Å²) in [6.07, 6.45) is 1.77. The van der Waals surface area contributed by atoms with E-state index in [1.165, 1.54) is 7.11 Å². The van der Waals surface area contributed by atoms with Gasteiger partial charge < -0.3 is 9.72 Å². The lowest BCUT2D eigenvalue weighted by Gasteiger charge is -2.02. The molecule has 0 radical (unpaired) electrons. The van der Waals surface area contributed by atoms with E-state index in [0.29, 0.717) is 10.6 Å². The van der Waals surface area contributed by atoms with E-state index in [-0.39, 0.29) is 0 Å². The van der Waals surface area contributed by atoms with Gasteiger partial charge in [-0.15, -0.1) is 0 Å². The van der Waals surface area contributed by atoms with Crippen LogP contribution in [0.15, 0.2) is 18.3 Å². The number of H-pyrrole nitrogens is 1. The third kappa shape index (κ3) is 1.70.